The predicted octanol–water partition coefficient (Wildman–Crippen LogP) is 1.89. The minimum Gasteiger partial charge on any atom is -0.462 e. The number of carbonyl (C=O) groups is 1. The van der Waals surface area contributed by atoms with Gasteiger partial charge in [0, 0.05) is 12.2 Å². The second kappa shape index (κ2) is 7.36. The zero-order valence-corrected chi connectivity index (χ0v) is 12.8. The quantitative estimate of drug-likeness (QED) is 0.805. The first-order valence-corrected chi connectivity index (χ1v) is 7.63. The molecule has 1 aromatic heterocycles. The van der Waals surface area contributed by atoms with Crippen molar-refractivity contribution in [3.05, 3.63) is 17.5 Å². The second-order valence-corrected chi connectivity index (χ2v) is 5.44. The fraction of sp³-hybridized carbons (Fsp3) is 0.667. The molecule has 0 spiro atoms. The minimum atomic E-state index is -0.376. The van der Waals surface area contributed by atoms with Gasteiger partial charge in [-0.15, -0.1) is 0 Å². The normalized spacial score (nSPS) is 21.9. The number of hydrogen-bond acceptors (Lipinski definition) is 6. The molecule has 0 aromatic carbocycles. The summed E-state index contributed by atoms with van der Waals surface area (Å²) >= 11 is 0. The zero-order valence-electron chi connectivity index (χ0n) is 12.8. The first kappa shape index (κ1) is 15.7. The van der Waals surface area contributed by atoms with Crippen molar-refractivity contribution in [3.63, 3.8) is 0 Å². The molecule has 21 heavy (non-hydrogen) atoms. The molecule has 1 aliphatic rings. The molecule has 2 rings (SSSR count). The molecule has 1 heterocycles. The predicted molar refractivity (Wildman–Crippen MR) is 81.1 cm³/mol. The molecule has 2 atom stereocenters. The highest BCUT2D eigenvalue weighted by Crippen LogP contribution is 2.25. The van der Waals surface area contributed by atoms with Crippen LogP contribution in [0.2, 0.25) is 0 Å². The SMILES string of the molecule is CCOC(=O)c1cnc(NC2CCCCC2CN)nc1C. The molecule has 6 nitrogen and oxygen atoms in total. The van der Waals surface area contributed by atoms with Crippen LogP contribution in [0.1, 0.15) is 48.7 Å². The molecule has 1 saturated carbocycles. The summed E-state index contributed by atoms with van der Waals surface area (Å²) in [5.74, 6) is 0.650. The van der Waals surface area contributed by atoms with Crippen LogP contribution in [0.3, 0.4) is 0 Å². The van der Waals surface area contributed by atoms with Crippen LogP contribution >= 0.6 is 0 Å². The molecule has 0 saturated heterocycles. The molecule has 2 unspecified atom stereocenters. The van der Waals surface area contributed by atoms with E-state index in [4.69, 9.17) is 10.5 Å². The maximum atomic E-state index is 11.7. The van der Waals surface area contributed by atoms with E-state index >= 15 is 0 Å². The van der Waals surface area contributed by atoms with Gasteiger partial charge >= 0.3 is 5.97 Å². The summed E-state index contributed by atoms with van der Waals surface area (Å²) in [4.78, 5) is 20.3. The third-order valence-corrected chi connectivity index (χ3v) is 4.00. The van der Waals surface area contributed by atoms with Crippen molar-refractivity contribution >= 4 is 11.9 Å². The van der Waals surface area contributed by atoms with Gasteiger partial charge in [0.2, 0.25) is 5.95 Å². The van der Waals surface area contributed by atoms with Crippen LogP contribution in [0.15, 0.2) is 6.20 Å². The van der Waals surface area contributed by atoms with E-state index in [0.29, 0.717) is 42.3 Å². The summed E-state index contributed by atoms with van der Waals surface area (Å²) < 4.78 is 4.98. The number of nitrogens with zero attached hydrogens (tertiary/aromatic N) is 2. The largest absolute Gasteiger partial charge is 0.462 e. The van der Waals surface area contributed by atoms with Gasteiger partial charge in [0.25, 0.3) is 0 Å². The van der Waals surface area contributed by atoms with Crippen molar-refractivity contribution in [2.45, 2.75) is 45.6 Å². The molecule has 6 heteroatoms. The zero-order chi connectivity index (χ0) is 15.2. The van der Waals surface area contributed by atoms with E-state index in [1.165, 1.54) is 19.0 Å². The van der Waals surface area contributed by atoms with E-state index in [1.54, 1.807) is 13.8 Å². The standard InChI is InChI=1S/C15H24N4O2/c1-3-21-14(20)12-9-17-15(18-10(12)2)19-13-7-5-4-6-11(13)8-16/h9,11,13H,3-8,16H2,1-2H3,(H,17,18,19). The van der Waals surface area contributed by atoms with Gasteiger partial charge in [0.15, 0.2) is 0 Å². The van der Waals surface area contributed by atoms with Gasteiger partial charge in [0.1, 0.15) is 0 Å². The number of hydrogen-bond donors (Lipinski definition) is 2. The molecule has 1 aliphatic carbocycles. The van der Waals surface area contributed by atoms with Gasteiger partial charge < -0.3 is 15.8 Å². The Morgan fingerprint density at radius 2 is 2.24 bits per heavy atom. The molecule has 0 bridgehead atoms. The second-order valence-electron chi connectivity index (χ2n) is 5.44. The summed E-state index contributed by atoms with van der Waals surface area (Å²) in [6.07, 6.45) is 6.21. The van der Waals surface area contributed by atoms with Crippen molar-refractivity contribution in [1.29, 1.82) is 0 Å². The van der Waals surface area contributed by atoms with Gasteiger partial charge in [-0.2, -0.15) is 0 Å². The number of anilines is 1. The van der Waals surface area contributed by atoms with Crippen molar-refractivity contribution in [3.8, 4) is 0 Å². The average Bonchev–Trinajstić information content (AvgIpc) is 2.48. The molecule has 3 N–H and O–H groups in total. The highest BCUT2D eigenvalue weighted by molar-refractivity contribution is 5.90. The van der Waals surface area contributed by atoms with Crippen LogP contribution in [-0.4, -0.2) is 35.1 Å². The van der Waals surface area contributed by atoms with Crippen LogP contribution in [0, 0.1) is 12.8 Å². The first-order chi connectivity index (χ1) is 10.2. The third-order valence-electron chi connectivity index (χ3n) is 4.00. The Morgan fingerprint density at radius 1 is 1.48 bits per heavy atom. The summed E-state index contributed by atoms with van der Waals surface area (Å²) in [5, 5.41) is 3.37. The first-order valence-electron chi connectivity index (χ1n) is 7.63. The number of aryl methyl sites for hydroxylation is 1. The van der Waals surface area contributed by atoms with E-state index in [-0.39, 0.29) is 5.97 Å². The molecule has 1 aromatic rings. The maximum Gasteiger partial charge on any atom is 0.341 e. The van der Waals surface area contributed by atoms with Crippen LogP contribution in [0.4, 0.5) is 5.95 Å². The highest BCUT2D eigenvalue weighted by atomic mass is 16.5. The highest BCUT2D eigenvalue weighted by Gasteiger charge is 2.24. The Hall–Kier alpha value is -1.69. The lowest BCUT2D eigenvalue weighted by Gasteiger charge is -2.31. The summed E-state index contributed by atoms with van der Waals surface area (Å²) in [5.41, 5.74) is 6.88. The number of nitrogens with two attached hydrogens (primary N) is 1. The van der Waals surface area contributed by atoms with Gasteiger partial charge in [-0.05, 0) is 39.2 Å². The summed E-state index contributed by atoms with van der Waals surface area (Å²) in [7, 11) is 0. The van der Waals surface area contributed by atoms with Crippen molar-refractivity contribution in [1.82, 2.24) is 9.97 Å². The number of aromatic nitrogens is 2. The fourth-order valence-electron chi connectivity index (χ4n) is 2.79. The minimum absolute atomic E-state index is 0.316. The molecule has 0 radical (unpaired) electrons. The number of nitrogens with one attached hydrogen (secondary N) is 1. The fourth-order valence-corrected chi connectivity index (χ4v) is 2.79. The Labute approximate surface area is 125 Å². The topological polar surface area (TPSA) is 90.1 Å². The Kier molecular flexibility index (Phi) is 5.50. The average molecular weight is 292 g/mol. The monoisotopic (exact) mass is 292 g/mol. The van der Waals surface area contributed by atoms with Crippen molar-refractivity contribution in [2.75, 3.05) is 18.5 Å². The van der Waals surface area contributed by atoms with Crippen LogP contribution in [0.25, 0.3) is 0 Å². The lowest BCUT2D eigenvalue weighted by Crippen LogP contribution is -2.37. The molecular weight excluding hydrogens is 268 g/mol. The lowest BCUT2D eigenvalue weighted by atomic mass is 9.84. The van der Waals surface area contributed by atoms with Crippen LogP contribution < -0.4 is 11.1 Å². The van der Waals surface area contributed by atoms with Gasteiger partial charge in [0.05, 0.1) is 17.9 Å². The smallest absolute Gasteiger partial charge is 0.341 e. The van der Waals surface area contributed by atoms with Gasteiger partial charge in [-0.25, -0.2) is 14.8 Å². The van der Waals surface area contributed by atoms with Crippen molar-refractivity contribution < 1.29 is 9.53 Å². The van der Waals surface area contributed by atoms with E-state index < -0.39 is 0 Å². The summed E-state index contributed by atoms with van der Waals surface area (Å²) in [6, 6.07) is 0.316. The van der Waals surface area contributed by atoms with Crippen molar-refractivity contribution in [2.24, 2.45) is 11.7 Å². The van der Waals surface area contributed by atoms with Crippen LogP contribution in [-0.2, 0) is 4.74 Å². The Morgan fingerprint density at radius 3 is 2.90 bits per heavy atom. The van der Waals surface area contributed by atoms with Crippen LogP contribution in [0.5, 0.6) is 0 Å². The Balaban J connectivity index is 2.07. The molecule has 0 amide bonds. The van der Waals surface area contributed by atoms with E-state index in [9.17, 15) is 4.79 Å². The maximum absolute atomic E-state index is 11.7. The molecular formula is C15H24N4O2. The molecule has 116 valence electrons. The number of carbonyl (C=O) groups excluding carboxylic acids is 1. The molecule has 1 fully saturated rings. The number of ether oxygens (including phenoxy) is 1. The van der Waals surface area contributed by atoms with E-state index in [1.807, 2.05) is 0 Å². The number of esters is 1. The number of rotatable bonds is 5. The van der Waals surface area contributed by atoms with E-state index in [0.717, 1.165) is 12.8 Å². The molecule has 0 aliphatic heterocycles. The van der Waals surface area contributed by atoms with E-state index in [2.05, 4.69) is 15.3 Å². The third kappa shape index (κ3) is 3.91. The summed E-state index contributed by atoms with van der Waals surface area (Å²) in [6.45, 7) is 4.59. The van der Waals surface area contributed by atoms with Gasteiger partial charge in [-0.3, -0.25) is 0 Å². The lowest BCUT2D eigenvalue weighted by molar-refractivity contribution is 0.0524. The Bertz CT molecular complexity index is 493. The van der Waals surface area contributed by atoms with Gasteiger partial charge in [-0.1, -0.05) is 12.8 Å².